The lowest BCUT2D eigenvalue weighted by Crippen LogP contribution is -2.36. The number of amides is 1. The average Bonchev–Trinajstić information content (AvgIpc) is 3.09. The van der Waals surface area contributed by atoms with E-state index in [1.165, 1.54) is 6.20 Å². The number of pyridine rings is 2. The van der Waals surface area contributed by atoms with Gasteiger partial charge in [-0.05, 0) is 29.8 Å². The molecule has 1 saturated heterocycles. The molecule has 1 aromatic carbocycles. The number of rotatable bonds is 3. The summed E-state index contributed by atoms with van der Waals surface area (Å²) in [4.78, 5) is 23.0. The molecule has 0 atom stereocenters. The van der Waals surface area contributed by atoms with Crippen molar-refractivity contribution >= 4 is 33.5 Å². The smallest absolute Gasteiger partial charge is 0.250 e. The Hall–Kier alpha value is -3.45. The first-order chi connectivity index (χ1) is 14.1. The lowest BCUT2D eigenvalue weighted by molar-refractivity contribution is 0.1000. The van der Waals surface area contributed by atoms with Gasteiger partial charge in [-0.15, -0.1) is 0 Å². The summed E-state index contributed by atoms with van der Waals surface area (Å²) in [6, 6.07) is 10.1. The molecule has 0 unspecified atom stereocenters. The number of primary amides is 1. The number of benzene rings is 1. The summed E-state index contributed by atoms with van der Waals surface area (Å²) in [6.45, 7) is 3.19. The molecule has 4 aromatic rings. The van der Waals surface area contributed by atoms with Crippen LogP contribution >= 0.6 is 0 Å². The van der Waals surface area contributed by atoms with Crippen LogP contribution in [0.2, 0.25) is 0 Å². The number of carbonyl (C=O) groups excluding carboxylic acids is 1. The molecule has 5 rings (SSSR count). The van der Waals surface area contributed by atoms with Crippen molar-refractivity contribution in [3.8, 4) is 11.1 Å². The number of hydrogen-bond donors (Lipinski definition) is 1. The van der Waals surface area contributed by atoms with E-state index in [2.05, 4.69) is 33.1 Å². The van der Waals surface area contributed by atoms with Gasteiger partial charge in [0.1, 0.15) is 5.65 Å². The molecule has 1 aliphatic rings. The van der Waals surface area contributed by atoms with E-state index in [1.807, 2.05) is 36.1 Å². The number of morpholine rings is 1. The SMILES string of the molecule is Cn1cc(-c2ccc3nccc(N4CCOCC4)c3c2)c2cc(C(N)=O)cnc21. The molecule has 7 nitrogen and oxygen atoms in total. The normalized spacial score (nSPS) is 14.6. The average molecular weight is 387 g/mol. The molecule has 0 spiro atoms. The fourth-order valence-corrected chi connectivity index (χ4v) is 4.01. The Morgan fingerprint density at radius 2 is 1.93 bits per heavy atom. The van der Waals surface area contributed by atoms with Gasteiger partial charge in [0.25, 0.3) is 0 Å². The highest BCUT2D eigenvalue weighted by atomic mass is 16.5. The van der Waals surface area contributed by atoms with Gasteiger partial charge < -0.3 is 19.9 Å². The molecule has 0 radical (unpaired) electrons. The van der Waals surface area contributed by atoms with Crippen LogP contribution in [0.5, 0.6) is 0 Å². The molecule has 146 valence electrons. The minimum atomic E-state index is -0.480. The van der Waals surface area contributed by atoms with E-state index in [0.717, 1.165) is 65.1 Å². The predicted octanol–water partition coefficient (Wildman–Crippen LogP) is 2.72. The second-order valence-corrected chi connectivity index (χ2v) is 7.27. The third-order valence-electron chi connectivity index (χ3n) is 5.48. The zero-order valence-electron chi connectivity index (χ0n) is 16.1. The first kappa shape index (κ1) is 17.6. The Labute approximate surface area is 167 Å². The summed E-state index contributed by atoms with van der Waals surface area (Å²) >= 11 is 0. The van der Waals surface area contributed by atoms with Crippen molar-refractivity contribution in [3.63, 3.8) is 0 Å². The number of anilines is 1. The van der Waals surface area contributed by atoms with Gasteiger partial charge >= 0.3 is 0 Å². The van der Waals surface area contributed by atoms with E-state index in [-0.39, 0.29) is 0 Å². The number of nitrogens with zero attached hydrogens (tertiary/aromatic N) is 4. The van der Waals surface area contributed by atoms with Crippen LogP contribution in [-0.2, 0) is 11.8 Å². The standard InChI is InChI=1S/C22H21N5O2/c1-26-13-18(16-11-15(21(23)28)12-25-22(16)26)14-2-3-19-17(10-14)20(4-5-24-19)27-6-8-29-9-7-27/h2-5,10-13H,6-9H2,1H3,(H2,23,28). The molecule has 0 bridgehead atoms. The van der Waals surface area contributed by atoms with Crippen LogP contribution in [0.3, 0.4) is 0 Å². The molecule has 29 heavy (non-hydrogen) atoms. The summed E-state index contributed by atoms with van der Waals surface area (Å²) in [5, 5.41) is 2.00. The molecule has 7 heteroatoms. The first-order valence-corrected chi connectivity index (χ1v) is 9.58. The minimum Gasteiger partial charge on any atom is -0.378 e. The summed E-state index contributed by atoms with van der Waals surface area (Å²) in [6.07, 6.45) is 5.41. The van der Waals surface area contributed by atoms with Crippen molar-refractivity contribution in [2.75, 3.05) is 31.2 Å². The zero-order chi connectivity index (χ0) is 20.0. The number of carbonyl (C=O) groups is 1. The molecular formula is C22H21N5O2. The Morgan fingerprint density at radius 3 is 2.72 bits per heavy atom. The van der Waals surface area contributed by atoms with Gasteiger partial charge in [0, 0.05) is 60.8 Å². The number of fused-ring (bicyclic) bond motifs is 2. The maximum atomic E-state index is 11.6. The van der Waals surface area contributed by atoms with E-state index < -0.39 is 5.91 Å². The number of aromatic nitrogens is 3. The van der Waals surface area contributed by atoms with Gasteiger partial charge in [-0.2, -0.15) is 0 Å². The fraction of sp³-hybridized carbons (Fsp3) is 0.227. The van der Waals surface area contributed by atoms with Crippen LogP contribution < -0.4 is 10.6 Å². The molecule has 2 N–H and O–H groups in total. The molecule has 0 saturated carbocycles. The van der Waals surface area contributed by atoms with Crippen molar-refractivity contribution in [2.24, 2.45) is 12.8 Å². The maximum Gasteiger partial charge on any atom is 0.250 e. The van der Waals surface area contributed by atoms with E-state index in [1.54, 1.807) is 0 Å². The maximum absolute atomic E-state index is 11.6. The molecular weight excluding hydrogens is 366 g/mol. The second-order valence-electron chi connectivity index (χ2n) is 7.27. The largest absolute Gasteiger partial charge is 0.378 e. The highest BCUT2D eigenvalue weighted by Gasteiger charge is 2.17. The minimum absolute atomic E-state index is 0.404. The molecule has 1 amide bonds. The third-order valence-corrected chi connectivity index (χ3v) is 5.48. The van der Waals surface area contributed by atoms with Gasteiger partial charge in [0.2, 0.25) is 5.91 Å². The lowest BCUT2D eigenvalue weighted by atomic mass is 10.0. The first-order valence-electron chi connectivity index (χ1n) is 9.58. The highest BCUT2D eigenvalue weighted by molar-refractivity contribution is 6.02. The van der Waals surface area contributed by atoms with Gasteiger partial charge in [0.05, 0.1) is 24.3 Å². The van der Waals surface area contributed by atoms with Crippen molar-refractivity contribution < 1.29 is 9.53 Å². The van der Waals surface area contributed by atoms with E-state index in [4.69, 9.17) is 10.5 Å². The number of nitrogens with two attached hydrogens (primary N) is 1. The zero-order valence-corrected chi connectivity index (χ0v) is 16.1. The van der Waals surface area contributed by atoms with E-state index in [9.17, 15) is 4.79 Å². The van der Waals surface area contributed by atoms with Crippen molar-refractivity contribution in [3.05, 3.63) is 54.5 Å². The molecule has 1 aliphatic heterocycles. The van der Waals surface area contributed by atoms with Crippen molar-refractivity contribution in [2.45, 2.75) is 0 Å². The predicted molar refractivity (Wildman–Crippen MR) is 113 cm³/mol. The van der Waals surface area contributed by atoms with E-state index >= 15 is 0 Å². The molecule has 1 fully saturated rings. The molecule has 0 aliphatic carbocycles. The second kappa shape index (κ2) is 6.86. The van der Waals surface area contributed by atoms with Gasteiger partial charge in [0.15, 0.2) is 0 Å². The summed E-state index contributed by atoms with van der Waals surface area (Å²) in [5.74, 6) is -0.480. The topological polar surface area (TPSA) is 86.3 Å². The van der Waals surface area contributed by atoms with Crippen LogP contribution in [0.1, 0.15) is 10.4 Å². The Balaban J connectivity index is 1.69. The van der Waals surface area contributed by atoms with Crippen molar-refractivity contribution in [1.82, 2.24) is 14.5 Å². The molecule has 3 aromatic heterocycles. The Kier molecular flexibility index (Phi) is 4.17. The van der Waals surface area contributed by atoms with Crippen LogP contribution in [-0.4, -0.2) is 46.7 Å². The van der Waals surface area contributed by atoms with Crippen LogP contribution in [0.25, 0.3) is 33.1 Å². The van der Waals surface area contributed by atoms with Crippen LogP contribution in [0.15, 0.2) is 48.9 Å². The third kappa shape index (κ3) is 3.00. The number of aryl methyl sites for hydroxylation is 1. The quantitative estimate of drug-likeness (QED) is 0.584. The summed E-state index contributed by atoms with van der Waals surface area (Å²) in [5.41, 5.74) is 10.9. The van der Waals surface area contributed by atoms with Crippen LogP contribution in [0.4, 0.5) is 5.69 Å². The number of ether oxygens (including phenoxy) is 1. The van der Waals surface area contributed by atoms with Crippen molar-refractivity contribution in [1.29, 1.82) is 0 Å². The Bertz CT molecular complexity index is 1240. The summed E-state index contributed by atoms with van der Waals surface area (Å²) in [7, 11) is 1.95. The van der Waals surface area contributed by atoms with Gasteiger partial charge in [-0.3, -0.25) is 9.78 Å². The number of hydrogen-bond acceptors (Lipinski definition) is 5. The van der Waals surface area contributed by atoms with E-state index in [0.29, 0.717) is 5.56 Å². The summed E-state index contributed by atoms with van der Waals surface area (Å²) < 4.78 is 7.47. The Morgan fingerprint density at radius 1 is 1.10 bits per heavy atom. The fourth-order valence-electron chi connectivity index (χ4n) is 4.01. The van der Waals surface area contributed by atoms with Gasteiger partial charge in [-0.1, -0.05) is 6.07 Å². The lowest BCUT2D eigenvalue weighted by Gasteiger charge is -2.29. The molecule has 4 heterocycles. The monoisotopic (exact) mass is 387 g/mol. The highest BCUT2D eigenvalue weighted by Crippen LogP contribution is 2.34. The van der Waals surface area contributed by atoms with Crippen LogP contribution in [0, 0.1) is 0 Å². The van der Waals surface area contributed by atoms with Gasteiger partial charge in [-0.25, -0.2) is 4.98 Å².